The van der Waals surface area contributed by atoms with Gasteiger partial charge in [-0.1, -0.05) is 20.8 Å². The number of hydrogen-bond acceptors (Lipinski definition) is 5. The number of rotatable bonds is 4. The SMILES string of the molecule is CC(C)(C)COCC(O)C1CC(=O)C(O)=C1O. The van der Waals surface area contributed by atoms with E-state index in [0.717, 1.165) is 0 Å². The molecule has 0 spiro atoms. The van der Waals surface area contributed by atoms with Crippen LogP contribution in [0.1, 0.15) is 27.2 Å². The van der Waals surface area contributed by atoms with E-state index in [0.29, 0.717) is 6.61 Å². The van der Waals surface area contributed by atoms with Crippen molar-refractivity contribution in [2.24, 2.45) is 11.3 Å². The molecular weight excluding hydrogens is 224 g/mol. The third kappa shape index (κ3) is 3.71. The number of ether oxygens (including phenoxy) is 1. The normalized spacial score (nSPS) is 23.3. The fourth-order valence-electron chi connectivity index (χ4n) is 1.63. The first-order valence-electron chi connectivity index (χ1n) is 5.63. The first kappa shape index (κ1) is 14.0. The van der Waals surface area contributed by atoms with Gasteiger partial charge in [-0.3, -0.25) is 4.79 Å². The summed E-state index contributed by atoms with van der Waals surface area (Å²) in [6.45, 7) is 6.51. The van der Waals surface area contributed by atoms with Crippen molar-refractivity contribution in [3.05, 3.63) is 11.5 Å². The van der Waals surface area contributed by atoms with E-state index < -0.39 is 29.3 Å². The zero-order valence-corrected chi connectivity index (χ0v) is 10.4. The van der Waals surface area contributed by atoms with Gasteiger partial charge in [-0.25, -0.2) is 0 Å². The van der Waals surface area contributed by atoms with Gasteiger partial charge in [0.15, 0.2) is 5.76 Å². The molecule has 0 aromatic heterocycles. The minimum Gasteiger partial charge on any atom is -0.508 e. The fraction of sp³-hybridized carbons (Fsp3) is 0.750. The summed E-state index contributed by atoms with van der Waals surface area (Å²) in [6.07, 6.45) is -1.05. The van der Waals surface area contributed by atoms with Crippen LogP contribution in [0, 0.1) is 11.3 Å². The number of allylic oxidation sites excluding steroid dienone is 1. The van der Waals surface area contributed by atoms with E-state index in [4.69, 9.17) is 9.84 Å². The molecule has 0 radical (unpaired) electrons. The Labute approximate surface area is 101 Å². The van der Waals surface area contributed by atoms with Crippen molar-refractivity contribution >= 4 is 5.78 Å². The Morgan fingerprint density at radius 3 is 2.41 bits per heavy atom. The van der Waals surface area contributed by atoms with Crippen LogP contribution in [-0.4, -0.2) is 40.4 Å². The van der Waals surface area contributed by atoms with Gasteiger partial charge >= 0.3 is 0 Å². The van der Waals surface area contributed by atoms with Crippen LogP contribution in [0.3, 0.4) is 0 Å². The van der Waals surface area contributed by atoms with Crippen molar-refractivity contribution in [1.82, 2.24) is 0 Å². The minimum absolute atomic E-state index is 0.00869. The Kier molecular flexibility index (Phi) is 4.16. The summed E-state index contributed by atoms with van der Waals surface area (Å²) in [5, 5.41) is 28.4. The number of carbonyl (C=O) groups is 1. The molecule has 1 aliphatic rings. The van der Waals surface area contributed by atoms with Crippen molar-refractivity contribution in [1.29, 1.82) is 0 Å². The topological polar surface area (TPSA) is 87.0 Å². The van der Waals surface area contributed by atoms with E-state index in [9.17, 15) is 15.0 Å². The molecule has 0 saturated heterocycles. The summed E-state index contributed by atoms with van der Waals surface area (Å²) < 4.78 is 5.31. The first-order valence-corrected chi connectivity index (χ1v) is 5.63. The van der Waals surface area contributed by atoms with Gasteiger partial charge in [-0.2, -0.15) is 0 Å². The van der Waals surface area contributed by atoms with Gasteiger partial charge in [0, 0.05) is 6.42 Å². The Balaban J connectivity index is 2.45. The Morgan fingerprint density at radius 2 is 2.00 bits per heavy atom. The molecule has 0 aliphatic heterocycles. The van der Waals surface area contributed by atoms with Gasteiger partial charge in [-0.15, -0.1) is 0 Å². The van der Waals surface area contributed by atoms with Gasteiger partial charge in [0.2, 0.25) is 5.78 Å². The number of hydrogen-bond donors (Lipinski definition) is 3. The van der Waals surface area contributed by atoms with Crippen LogP contribution in [0.4, 0.5) is 0 Å². The number of aliphatic hydroxyl groups is 3. The zero-order chi connectivity index (χ0) is 13.2. The summed E-state index contributed by atoms with van der Waals surface area (Å²) in [5.41, 5.74) is -0.00869. The highest BCUT2D eigenvalue weighted by atomic mass is 16.5. The highest BCUT2D eigenvalue weighted by Gasteiger charge is 2.37. The lowest BCUT2D eigenvalue weighted by molar-refractivity contribution is -0.118. The molecule has 2 atom stereocenters. The monoisotopic (exact) mass is 244 g/mol. The van der Waals surface area contributed by atoms with Crippen LogP contribution in [0.15, 0.2) is 11.5 Å². The predicted octanol–water partition coefficient (Wildman–Crippen LogP) is 1.33. The number of ketones is 1. The van der Waals surface area contributed by atoms with Crippen LogP contribution < -0.4 is 0 Å². The van der Waals surface area contributed by atoms with Gasteiger partial charge in [0.1, 0.15) is 5.76 Å². The summed E-state index contributed by atoms with van der Waals surface area (Å²) >= 11 is 0. The molecule has 0 saturated carbocycles. The summed E-state index contributed by atoms with van der Waals surface area (Å²) in [4.78, 5) is 11.1. The second-order valence-corrected chi connectivity index (χ2v) is 5.61. The van der Waals surface area contributed by atoms with Crippen LogP contribution >= 0.6 is 0 Å². The standard InChI is InChI=1S/C12H20O5/c1-12(2,3)6-17-5-9(14)7-4-8(13)11(16)10(7)15/h7,9,14-16H,4-6H2,1-3H3. The molecule has 98 valence electrons. The fourth-order valence-corrected chi connectivity index (χ4v) is 1.63. The van der Waals surface area contributed by atoms with E-state index in [2.05, 4.69) is 0 Å². The molecule has 1 aliphatic carbocycles. The Bertz CT molecular complexity index is 326. The summed E-state index contributed by atoms with van der Waals surface area (Å²) in [5.74, 6) is -2.35. The van der Waals surface area contributed by atoms with E-state index >= 15 is 0 Å². The maximum atomic E-state index is 11.1. The van der Waals surface area contributed by atoms with Gasteiger partial charge in [0.25, 0.3) is 0 Å². The lowest BCUT2D eigenvalue weighted by atomic mass is 9.98. The Morgan fingerprint density at radius 1 is 1.41 bits per heavy atom. The predicted molar refractivity (Wildman–Crippen MR) is 61.7 cm³/mol. The Hall–Kier alpha value is -1.07. The minimum atomic E-state index is -0.981. The van der Waals surface area contributed by atoms with Gasteiger partial charge in [0.05, 0.1) is 25.2 Å². The second-order valence-electron chi connectivity index (χ2n) is 5.61. The molecule has 1 rings (SSSR count). The smallest absolute Gasteiger partial charge is 0.201 e. The van der Waals surface area contributed by atoms with Crippen LogP contribution in [0.5, 0.6) is 0 Å². The molecule has 0 heterocycles. The molecule has 0 aromatic rings. The summed E-state index contributed by atoms with van der Waals surface area (Å²) in [7, 11) is 0. The molecule has 3 N–H and O–H groups in total. The lowest BCUT2D eigenvalue weighted by Gasteiger charge is -2.22. The molecule has 2 unspecified atom stereocenters. The maximum Gasteiger partial charge on any atom is 0.201 e. The van der Waals surface area contributed by atoms with Crippen LogP contribution in [0.25, 0.3) is 0 Å². The summed E-state index contributed by atoms with van der Waals surface area (Å²) in [6, 6.07) is 0. The zero-order valence-electron chi connectivity index (χ0n) is 10.4. The van der Waals surface area contributed by atoms with Crippen molar-refractivity contribution in [3.8, 4) is 0 Å². The maximum absolute atomic E-state index is 11.1. The van der Waals surface area contributed by atoms with E-state index in [1.54, 1.807) is 0 Å². The number of Topliss-reactive ketones (excluding diaryl/α,β-unsaturated/α-hetero) is 1. The van der Waals surface area contributed by atoms with Gasteiger partial charge < -0.3 is 20.1 Å². The average Bonchev–Trinajstić information content (AvgIpc) is 2.44. The van der Waals surface area contributed by atoms with Crippen molar-refractivity contribution in [3.63, 3.8) is 0 Å². The molecular formula is C12H20O5. The molecule has 0 amide bonds. The molecule has 0 aromatic carbocycles. The van der Waals surface area contributed by atoms with E-state index in [1.165, 1.54) is 0 Å². The van der Waals surface area contributed by atoms with Crippen LogP contribution in [0.2, 0.25) is 0 Å². The van der Waals surface area contributed by atoms with Crippen molar-refractivity contribution < 1.29 is 24.9 Å². The van der Waals surface area contributed by atoms with E-state index in [-0.39, 0.29) is 18.4 Å². The quantitative estimate of drug-likeness (QED) is 0.694. The average molecular weight is 244 g/mol. The molecule has 5 heteroatoms. The van der Waals surface area contributed by atoms with Crippen LogP contribution in [-0.2, 0) is 9.53 Å². The highest BCUT2D eigenvalue weighted by molar-refractivity contribution is 5.96. The van der Waals surface area contributed by atoms with Crippen molar-refractivity contribution in [2.75, 3.05) is 13.2 Å². The van der Waals surface area contributed by atoms with Gasteiger partial charge in [-0.05, 0) is 5.41 Å². The largest absolute Gasteiger partial charge is 0.508 e. The number of carbonyl (C=O) groups excluding carboxylic acids is 1. The third-order valence-corrected chi connectivity index (χ3v) is 2.55. The lowest BCUT2D eigenvalue weighted by Crippen LogP contribution is -2.28. The van der Waals surface area contributed by atoms with Crippen molar-refractivity contribution in [2.45, 2.75) is 33.3 Å². The number of aliphatic hydroxyl groups excluding tert-OH is 3. The molecule has 0 bridgehead atoms. The molecule has 17 heavy (non-hydrogen) atoms. The first-order chi connectivity index (χ1) is 7.72. The second kappa shape index (κ2) is 5.06. The molecule has 5 nitrogen and oxygen atoms in total. The molecule has 0 fully saturated rings. The highest BCUT2D eigenvalue weighted by Crippen LogP contribution is 2.29. The van der Waals surface area contributed by atoms with E-state index in [1.807, 2.05) is 20.8 Å². The third-order valence-electron chi connectivity index (χ3n) is 2.55.